The van der Waals surface area contributed by atoms with Gasteiger partial charge in [0.25, 0.3) is 5.91 Å². The molecule has 0 aliphatic carbocycles. The van der Waals surface area contributed by atoms with Crippen molar-refractivity contribution in [3.63, 3.8) is 0 Å². The molecule has 0 bridgehead atoms. The third kappa shape index (κ3) is 3.81. The molecule has 8 heteroatoms. The number of hydrogen-bond donors (Lipinski definition) is 2. The standard InChI is InChI=1S/C22H18FN3O3S/c23-17-8-6-15(7-9-17)12-26(14-27)13-22(20(28)24-21(29)25-22)19-11-10-18(30-19)16-4-2-1-3-5-16/h1-11,14H,12-13H2,(H2,24,25,28,29)/t22-/m1/s1. The van der Waals surface area contributed by atoms with Gasteiger partial charge in [-0.05, 0) is 35.4 Å². The smallest absolute Gasteiger partial charge is 0.322 e. The molecule has 1 atom stereocenters. The van der Waals surface area contributed by atoms with Crippen molar-refractivity contribution in [2.75, 3.05) is 6.54 Å². The summed E-state index contributed by atoms with van der Waals surface area (Å²) in [7, 11) is 0. The van der Waals surface area contributed by atoms with E-state index in [0.717, 1.165) is 10.4 Å². The van der Waals surface area contributed by atoms with Gasteiger partial charge in [0.15, 0.2) is 5.54 Å². The second-order valence-corrected chi connectivity index (χ2v) is 8.06. The number of nitrogens with zero attached hydrogens (tertiary/aromatic N) is 1. The zero-order chi connectivity index (χ0) is 21.1. The lowest BCUT2D eigenvalue weighted by Gasteiger charge is -2.30. The Morgan fingerprint density at radius 1 is 1.00 bits per heavy atom. The number of nitrogens with one attached hydrogen (secondary N) is 2. The fourth-order valence-electron chi connectivity index (χ4n) is 3.44. The van der Waals surface area contributed by atoms with Gasteiger partial charge in [-0.15, -0.1) is 11.3 Å². The molecule has 1 aromatic heterocycles. The van der Waals surface area contributed by atoms with Crippen LogP contribution in [0.1, 0.15) is 10.4 Å². The maximum absolute atomic E-state index is 13.2. The molecule has 2 aromatic carbocycles. The molecule has 1 fully saturated rings. The normalized spacial score (nSPS) is 18.0. The monoisotopic (exact) mass is 423 g/mol. The van der Waals surface area contributed by atoms with Crippen LogP contribution in [-0.2, 0) is 21.7 Å². The van der Waals surface area contributed by atoms with E-state index in [0.29, 0.717) is 16.9 Å². The molecule has 152 valence electrons. The average Bonchev–Trinajstić information content (AvgIpc) is 3.35. The van der Waals surface area contributed by atoms with Crippen LogP contribution >= 0.6 is 11.3 Å². The molecule has 0 unspecified atom stereocenters. The van der Waals surface area contributed by atoms with E-state index in [1.165, 1.54) is 28.4 Å². The highest BCUT2D eigenvalue weighted by molar-refractivity contribution is 7.15. The van der Waals surface area contributed by atoms with Gasteiger partial charge >= 0.3 is 6.03 Å². The van der Waals surface area contributed by atoms with E-state index in [1.807, 2.05) is 36.4 Å². The van der Waals surface area contributed by atoms with Crippen molar-refractivity contribution >= 4 is 29.7 Å². The molecular formula is C22H18FN3O3S. The van der Waals surface area contributed by atoms with Gasteiger partial charge in [-0.2, -0.15) is 0 Å². The number of halogens is 1. The average molecular weight is 423 g/mol. The molecule has 1 aliphatic rings. The molecular weight excluding hydrogens is 405 g/mol. The Morgan fingerprint density at radius 2 is 1.73 bits per heavy atom. The van der Waals surface area contributed by atoms with Crippen molar-refractivity contribution in [2.24, 2.45) is 0 Å². The molecule has 0 spiro atoms. The third-order valence-electron chi connectivity index (χ3n) is 4.91. The lowest BCUT2D eigenvalue weighted by molar-refractivity contribution is -0.127. The summed E-state index contributed by atoms with van der Waals surface area (Å²) in [6.07, 6.45) is 0.620. The van der Waals surface area contributed by atoms with E-state index in [9.17, 15) is 18.8 Å². The molecule has 3 aromatic rings. The molecule has 2 N–H and O–H groups in total. The molecule has 1 saturated heterocycles. The fourth-order valence-corrected chi connectivity index (χ4v) is 4.58. The van der Waals surface area contributed by atoms with E-state index >= 15 is 0 Å². The Labute approximate surface area is 176 Å². The number of urea groups is 1. The van der Waals surface area contributed by atoms with E-state index in [4.69, 9.17) is 0 Å². The van der Waals surface area contributed by atoms with Crippen LogP contribution in [0, 0.1) is 5.82 Å². The lowest BCUT2D eigenvalue weighted by Crippen LogP contribution is -2.51. The maximum atomic E-state index is 13.2. The summed E-state index contributed by atoms with van der Waals surface area (Å²) >= 11 is 1.38. The Hall–Kier alpha value is -3.52. The molecule has 4 amide bonds. The number of rotatable bonds is 7. The Morgan fingerprint density at radius 3 is 2.37 bits per heavy atom. The maximum Gasteiger partial charge on any atom is 0.322 e. The van der Waals surface area contributed by atoms with Crippen molar-refractivity contribution in [2.45, 2.75) is 12.1 Å². The van der Waals surface area contributed by atoms with Crippen LogP contribution in [0.4, 0.5) is 9.18 Å². The number of carbonyl (C=O) groups excluding carboxylic acids is 3. The minimum absolute atomic E-state index is 0.0554. The topological polar surface area (TPSA) is 78.5 Å². The second-order valence-electron chi connectivity index (χ2n) is 6.98. The number of thiophene rings is 1. The highest BCUT2D eigenvalue weighted by Crippen LogP contribution is 2.36. The zero-order valence-corrected chi connectivity index (χ0v) is 16.6. The van der Waals surface area contributed by atoms with Gasteiger partial charge in [-0.3, -0.25) is 14.9 Å². The summed E-state index contributed by atoms with van der Waals surface area (Å²) in [6.45, 7) is 0.117. The summed E-state index contributed by atoms with van der Waals surface area (Å²) < 4.78 is 13.2. The highest BCUT2D eigenvalue weighted by atomic mass is 32.1. The van der Waals surface area contributed by atoms with Gasteiger partial charge in [-0.1, -0.05) is 42.5 Å². The first-order chi connectivity index (χ1) is 14.5. The molecule has 0 radical (unpaired) electrons. The SMILES string of the molecule is O=CN(Cc1ccc(F)cc1)C[C@]1(c2ccc(-c3ccccc3)s2)NC(=O)NC1=O. The van der Waals surface area contributed by atoms with Crippen LogP contribution in [0.25, 0.3) is 10.4 Å². The first kappa shape index (κ1) is 19.8. The van der Waals surface area contributed by atoms with E-state index < -0.39 is 17.5 Å². The molecule has 2 heterocycles. The van der Waals surface area contributed by atoms with Gasteiger partial charge in [0.05, 0.1) is 6.54 Å². The molecule has 0 saturated carbocycles. The van der Waals surface area contributed by atoms with Crippen LogP contribution in [0.15, 0.2) is 66.7 Å². The van der Waals surface area contributed by atoms with Gasteiger partial charge in [0.1, 0.15) is 5.82 Å². The Kier molecular flexibility index (Phi) is 5.33. The van der Waals surface area contributed by atoms with Gasteiger partial charge in [-0.25, -0.2) is 9.18 Å². The van der Waals surface area contributed by atoms with E-state index in [2.05, 4.69) is 10.6 Å². The van der Waals surface area contributed by atoms with Gasteiger partial charge in [0, 0.05) is 16.3 Å². The number of amides is 4. The van der Waals surface area contributed by atoms with Crippen molar-refractivity contribution in [1.82, 2.24) is 15.5 Å². The number of carbonyl (C=O) groups is 3. The van der Waals surface area contributed by atoms with Crippen molar-refractivity contribution in [1.29, 1.82) is 0 Å². The van der Waals surface area contributed by atoms with Crippen molar-refractivity contribution in [3.05, 3.63) is 83.0 Å². The Bertz CT molecular complexity index is 1080. The number of benzene rings is 2. The zero-order valence-electron chi connectivity index (χ0n) is 15.8. The van der Waals surface area contributed by atoms with Crippen LogP contribution in [-0.4, -0.2) is 29.8 Å². The summed E-state index contributed by atoms with van der Waals surface area (Å²) in [4.78, 5) is 39.5. The third-order valence-corrected chi connectivity index (χ3v) is 6.21. The van der Waals surface area contributed by atoms with Crippen LogP contribution in [0.2, 0.25) is 0 Å². The summed E-state index contributed by atoms with van der Waals surface area (Å²) in [5.41, 5.74) is 0.308. The Balaban J connectivity index is 1.65. The number of imide groups is 1. The summed E-state index contributed by atoms with van der Waals surface area (Å²) in [6, 6.07) is 18.5. The largest absolute Gasteiger partial charge is 0.338 e. The lowest BCUT2D eigenvalue weighted by atomic mass is 9.96. The molecule has 4 rings (SSSR count). The van der Waals surface area contributed by atoms with E-state index in [1.54, 1.807) is 18.2 Å². The fraction of sp³-hybridized carbons (Fsp3) is 0.136. The predicted molar refractivity (Wildman–Crippen MR) is 111 cm³/mol. The van der Waals surface area contributed by atoms with Crippen LogP contribution in [0.5, 0.6) is 0 Å². The highest BCUT2D eigenvalue weighted by Gasteiger charge is 2.50. The minimum Gasteiger partial charge on any atom is -0.338 e. The number of hydrogen-bond acceptors (Lipinski definition) is 4. The second kappa shape index (κ2) is 8.08. The minimum atomic E-state index is -1.39. The summed E-state index contributed by atoms with van der Waals surface area (Å²) in [5, 5.41) is 4.99. The predicted octanol–water partition coefficient (Wildman–Crippen LogP) is 3.25. The molecule has 30 heavy (non-hydrogen) atoms. The van der Waals surface area contributed by atoms with Crippen LogP contribution in [0.3, 0.4) is 0 Å². The van der Waals surface area contributed by atoms with Crippen molar-refractivity contribution in [3.8, 4) is 10.4 Å². The van der Waals surface area contributed by atoms with Gasteiger partial charge < -0.3 is 10.2 Å². The van der Waals surface area contributed by atoms with Gasteiger partial charge in [0.2, 0.25) is 6.41 Å². The quantitative estimate of drug-likeness (QED) is 0.452. The van der Waals surface area contributed by atoms with Crippen molar-refractivity contribution < 1.29 is 18.8 Å². The molecule has 6 nitrogen and oxygen atoms in total. The summed E-state index contributed by atoms with van der Waals surface area (Å²) in [5.74, 6) is -0.887. The van der Waals surface area contributed by atoms with E-state index in [-0.39, 0.29) is 18.9 Å². The first-order valence-electron chi connectivity index (χ1n) is 9.23. The van der Waals surface area contributed by atoms with Crippen LogP contribution < -0.4 is 10.6 Å². The molecule has 1 aliphatic heterocycles. The first-order valence-corrected chi connectivity index (χ1v) is 10.0.